The maximum Gasteiger partial charge on any atom is 0.244 e. The first-order valence-electron chi connectivity index (χ1n) is 7.66. The second-order valence-corrected chi connectivity index (χ2v) is 5.82. The summed E-state index contributed by atoms with van der Waals surface area (Å²) in [4.78, 5) is 12.2. The van der Waals surface area contributed by atoms with E-state index in [2.05, 4.69) is 26.1 Å². The molecule has 1 amide bonds. The molecule has 3 N–H and O–H groups in total. The van der Waals surface area contributed by atoms with Crippen LogP contribution in [0.3, 0.4) is 0 Å². The number of hydrogen-bond acceptors (Lipinski definition) is 3. The van der Waals surface area contributed by atoms with Crippen molar-refractivity contribution in [2.75, 3.05) is 13.2 Å². The highest BCUT2D eigenvalue weighted by molar-refractivity contribution is 5.86. The maximum atomic E-state index is 12.2. The third-order valence-corrected chi connectivity index (χ3v) is 3.87. The van der Waals surface area contributed by atoms with Gasteiger partial charge in [0.25, 0.3) is 0 Å². The molecule has 4 nitrogen and oxygen atoms in total. The Balaban J connectivity index is 3.04. The number of carbonyl (C=O) groups excluding carboxylic acids is 1. The van der Waals surface area contributed by atoms with Crippen LogP contribution < -0.4 is 11.1 Å². The zero-order valence-corrected chi connectivity index (χ0v) is 13.6. The summed E-state index contributed by atoms with van der Waals surface area (Å²) in [5, 5.41) is 3.29. The summed E-state index contributed by atoms with van der Waals surface area (Å²) in [7, 11) is 0. The molecule has 118 valence electrons. The fourth-order valence-corrected chi connectivity index (χ4v) is 2.05. The number of primary amides is 1. The lowest BCUT2D eigenvalue weighted by molar-refractivity contribution is -0.129. The van der Waals surface area contributed by atoms with Gasteiger partial charge in [-0.1, -0.05) is 51.1 Å². The van der Waals surface area contributed by atoms with Gasteiger partial charge in [0.15, 0.2) is 0 Å². The number of nitrogens with two attached hydrogens (primary N) is 1. The second kappa shape index (κ2) is 8.15. The van der Waals surface area contributed by atoms with Crippen LogP contribution >= 0.6 is 0 Å². The Labute approximate surface area is 128 Å². The number of nitrogens with one attached hydrogen (secondary N) is 1. The van der Waals surface area contributed by atoms with Gasteiger partial charge in [0.1, 0.15) is 5.54 Å². The van der Waals surface area contributed by atoms with E-state index in [4.69, 9.17) is 10.5 Å². The molecule has 0 aliphatic rings. The van der Waals surface area contributed by atoms with Crippen LogP contribution in [0.1, 0.15) is 39.7 Å². The molecular formula is C17H28N2O2. The Hall–Kier alpha value is -1.39. The fourth-order valence-electron chi connectivity index (χ4n) is 2.05. The largest absolute Gasteiger partial charge is 0.375 e. The summed E-state index contributed by atoms with van der Waals surface area (Å²) >= 11 is 0. The van der Waals surface area contributed by atoms with E-state index in [-0.39, 0.29) is 12.7 Å². The predicted octanol–water partition coefficient (Wildman–Crippen LogP) is 2.43. The van der Waals surface area contributed by atoms with E-state index in [9.17, 15) is 4.79 Å². The Morgan fingerprint density at radius 3 is 2.38 bits per heavy atom. The van der Waals surface area contributed by atoms with Crippen molar-refractivity contribution >= 4 is 5.91 Å². The van der Waals surface area contributed by atoms with Crippen LogP contribution in [0.5, 0.6) is 0 Å². The predicted molar refractivity (Wildman–Crippen MR) is 85.9 cm³/mol. The van der Waals surface area contributed by atoms with Crippen LogP contribution in [0.15, 0.2) is 30.3 Å². The number of rotatable bonds is 9. The molecule has 2 unspecified atom stereocenters. The molecule has 0 aliphatic heterocycles. The third kappa shape index (κ3) is 4.55. The van der Waals surface area contributed by atoms with E-state index < -0.39 is 11.4 Å². The van der Waals surface area contributed by atoms with Gasteiger partial charge in [-0.05, 0) is 31.4 Å². The summed E-state index contributed by atoms with van der Waals surface area (Å²) in [5.41, 5.74) is 5.60. The van der Waals surface area contributed by atoms with Crippen LogP contribution in [-0.2, 0) is 15.1 Å². The van der Waals surface area contributed by atoms with Crippen molar-refractivity contribution in [3.63, 3.8) is 0 Å². The molecule has 0 fully saturated rings. The molecule has 0 bridgehead atoms. The maximum absolute atomic E-state index is 12.2. The van der Waals surface area contributed by atoms with Crippen molar-refractivity contribution in [3.05, 3.63) is 35.9 Å². The van der Waals surface area contributed by atoms with Gasteiger partial charge < -0.3 is 10.5 Å². The fraction of sp³-hybridized carbons (Fsp3) is 0.588. The van der Waals surface area contributed by atoms with Crippen molar-refractivity contribution in [1.29, 1.82) is 0 Å². The average molecular weight is 292 g/mol. The highest BCUT2D eigenvalue weighted by Gasteiger charge is 2.38. The van der Waals surface area contributed by atoms with Crippen LogP contribution in [0, 0.1) is 5.92 Å². The molecule has 0 spiro atoms. The minimum Gasteiger partial charge on any atom is -0.375 e. The van der Waals surface area contributed by atoms with Crippen molar-refractivity contribution in [1.82, 2.24) is 5.32 Å². The lowest BCUT2D eigenvalue weighted by atomic mass is 9.89. The summed E-state index contributed by atoms with van der Waals surface area (Å²) in [6.45, 7) is 9.21. The molecule has 21 heavy (non-hydrogen) atoms. The molecule has 0 aliphatic carbocycles. The molecule has 1 aromatic carbocycles. The average Bonchev–Trinajstić information content (AvgIpc) is 2.48. The molecule has 1 rings (SSSR count). The Bertz CT molecular complexity index is 434. The molecule has 0 radical (unpaired) electrons. The smallest absolute Gasteiger partial charge is 0.244 e. The monoisotopic (exact) mass is 292 g/mol. The van der Waals surface area contributed by atoms with E-state index in [1.807, 2.05) is 37.3 Å². The summed E-state index contributed by atoms with van der Waals surface area (Å²) < 4.78 is 5.92. The molecular weight excluding hydrogens is 264 g/mol. The van der Waals surface area contributed by atoms with Crippen LogP contribution in [0.2, 0.25) is 0 Å². The Kier molecular flexibility index (Phi) is 6.85. The number of carbonyl (C=O) groups is 1. The molecule has 4 heteroatoms. The van der Waals surface area contributed by atoms with Gasteiger partial charge >= 0.3 is 0 Å². The van der Waals surface area contributed by atoms with E-state index in [0.717, 1.165) is 12.0 Å². The first-order chi connectivity index (χ1) is 9.94. The van der Waals surface area contributed by atoms with Gasteiger partial charge in [0.2, 0.25) is 5.91 Å². The van der Waals surface area contributed by atoms with Crippen molar-refractivity contribution in [2.24, 2.45) is 11.7 Å². The Morgan fingerprint density at radius 1 is 1.29 bits per heavy atom. The lowest BCUT2D eigenvalue weighted by Crippen LogP contribution is -2.56. The van der Waals surface area contributed by atoms with Crippen molar-refractivity contribution in [3.8, 4) is 0 Å². The number of ether oxygens (including phenoxy) is 1. The number of benzene rings is 1. The molecule has 1 aromatic rings. The lowest BCUT2D eigenvalue weighted by Gasteiger charge is -2.33. The van der Waals surface area contributed by atoms with Gasteiger partial charge in [-0.25, -0.2) is 0 Å². The number of hydrogen-bond donors (Lipinski definition) is 2. The normalized spacial score (nSPS) is 15.7. The first-order valence-corrected chi connectivity index (χ1v) is 7.66. The summed E-state index contributed by atoms with van der Waals surface area (Å²) in [5.74, 6) is -0.0179. The highest BCUT2D eigenvalue weighted by Crippen LogP contribution is 2.23. The first kappa shape index (κ1) is 17.7. The van der Waals surface area contributed by atoms with Crippen LogP contribution in [0.25, 0.3) is 0 Å². The molecule has 0 saturated carbocycles. The molecule has 0 saturated heterocycles. The van der Waals surface area contributed by atoms with E-state index in [1.165, 1.54) is 0 Å². The number of amides is 1. The molecule has 0 heterocycles. The van der Waals surface area contributed by atoms with Gasteiger partial charge in [-0.15, -0.1) is 0 Å². The van der Waals surface area contributed by atoms with E-state index in [0.29, 0.717) is 12.5 Å². The third-order valence-electron chi connectivity index (χ3n) is 3.87. The van der Waals surface area contributed by atoms with Gasteiger partial charge in [0.05, 0.1) is 12.7 Å². The summed E-state index contributed by atoms with van der Waals surface area (Å²) in [6, 6.07) is 9.57. The Morgan fingerprint density at radius 2 is 1.90 bits per heavy atom. The standard InChI is InChI=1S/C17H28N2O2/c1-5-11-19-17(16(18)20,12-21-14(4)13(2)3)15-9-7-6-8-10-15/h6-10,13-14,19H,5,11-12H2,1-4H3,(H2,18,20). The van der Waals surface area contributed by atoms with Gasteiger partial charge in [-0.2, -0.15) is 0 Å². The molecule has 0 aromatic heterocycles. The zero-order chi connectivity index (χ0) is 15.9. The quantitative estimate of drug-likeness (QED) is 0.734. The summed E-state index contributed by atoms with van der Waals surface area (Å²) in [6.07, 6.45) is 0.984. The van der Waals surface area contributed by atoms with E-state index >= 15 is 0 Å². The SMILES string of the molecule is CCCNC(COC(C)C(C)C)(C(N)=O)c1ccccc1. The van der Waals surface area contributed by atoms with Crippen LogP contribution in [-0.4, -0.2) is 25.2 Å². The van der Waals surface area contributed by atoms with Crippen molar-refractivity contribution < 1.29 is 9.53 Å². The van der Waals surface area contributed by atoms with Crippen LogP contribution in [0.4, 0.5) is 0 Å². The minimum absolute atomic E-state index is 0.0656. The minimum atomic E-state index is -0.972. The van der Waals surface area contributed by atoms with Gasteiger partial charge in [0, 0.05) is 0 Å². The van der Waals surface area contributed by atoms with E-state index in [1.54, 1.807) is 0 Å². The zero-order valence-electron chi connectivity index (χ0n) is 13.6. The molecule has 2 atom stereocenters. The highest BCUT2D eigenvalue weighted by atomic mass is 16.5. The van der Waals surface area contributed by atoms with Crippen molar-refractivity contribution in [2.45, 2.75) is 45.8 Å². The second-order valence-electron chi connectivity index (χ2n) is 5.82. The topological polar surface area (TPSA) is 64.3 Å². The van der Waals surface area contributed by atoms with Gasteiger partial charge in [-0.3, -0.25) is 10.1 Å².